The lowest BCUT2D eigenvalue weighted by Gasteiger charge is -2.17. The van der Waals surface area contributed by atoms with Crippen LogP contribution in [0, 0.1) is 5.92 Å². The molecule has 1 aliphatic heterocycles. The number of ether oxygens (including phenoxy) is 1. The highest BCUT2D eigenvalue weighted by Gasteiger charge is 2.32. The minimum atomic E-state index is -0.660. The number of esters is 1. The standard InChI is InChI=1S/C20H24O4/c1-11(2)14-6-7-15-10-18(24-20(15)23)19(12(3)4)17(22)8-13(5)16(21)9-14/h8,10,14,18H,1,6-7,9H2,2-5H3/b13-8-/t14-,18-/m1/s1. The molecule has 0 radical (unpaired) electrons. The van der Waals surface area contributed by atoms with Crippen molar-refractivity contribution in [2.45, 2.75) is 53.1 Å². The summed E-state index contributed by atoms with van der Waals surface area (Å²) in [6.45, 7) is 11.1. The average molecular weight is 328 g/mol. The topological polar surface area (TPSA) is 60.4 Å². The van der Waals surface area contributed by atoms with Gasteiger partial charge in [-0.3, -0.25) is 9.59 Å². The molecular formula is C20H24O4. The number of fused-ring (bicyclic) bond motifs is 1. The molecule has 2 bridgehead atoms. The number of rotatable bonds is 1. The lowest BCUT2D eigenvalue weighted by Crippen LogP contribution is -2.19. The molecule has 0 saturated heterocycles. The van der Waals surface area contributed by atoms with Crippen molar-refractivity contribution in [2.24, 2.45) is 5.92 Å². The summed E-state index contributed by atoms with van der Waals surface area (Å²) >= 11 is 0. The number of allylic oxidation sites excluding steroid dienone is 4. The van der Waals surface area contributed by atoms with E-state index in [1.54, 1.807) is 26.8 Å². The Bertz CT molecular complexity index is 699. The summed E-state index contributed by atoms with van der Waals surface area (Å²) in [4.78, 5) is 37.1. The molecule has 0 saturated carbocycles. The fourth-order valence-electron chi connectivity index (χ4n) is 3.07. The summed E-state index contributed by atoms with van der Waals surface area (Å²) < 4.78 is 5.39. The molecule has 4 nitrogen and oxygen atoms in total. The largest absolute Gasteiger partial charge is 0.450 e. The van der Waals surface area contributed by atoms with E-state index in [2.05, 4.69) is 6.58 Å². The minimum Gasteiger partial charge on any atom is -0.450 e. The van der Waals surface area contributed by atoms with Gasteiger partial charge in [0.1, 0.15) is 6.10 Å². The van der Waals surface area contributed by atoms with E-state index in [0.717, 1.165) is 11.1 Å². The van der Waals surface area contributed by atoms with Crippen molar-refractivity contribution >= 4 is 17.5 Å². The van der Waals surface area contributed by atoms with E-state index < -0.39 is 6.10 Å². The first-order chi connectivity index (χ1) is 11.2. The average Bonchev–Trinajstić information content (AvgIpc) is 2.82. The molecule has 24 heavy (non-hydrogen) atoms. The molecule has 0 unspecified atom stereocenters. The van der Waals surface area contributed by atoms with Crippen molar-refractivity contribution in [1.82, 2.24) is 0 Å². The van der Waals surface area contributed by atoms with Crippen LogP contribution in [-0.2, 0) is 19.1 Å². The molecule has 1 heterocycles. The third kappa shape index (κ3) is 3.81. The molecule has 2 aliphatic rings. The Morgan fingerprint density at radius 1 is 1.21 bits per heavy atom. The molecule has 2 rings (SSSR count). The van der Waals surface area contributed by atoms with E-state index >= 15 is 0 Å². The smallest absolute Gasteiger partial charge is 0.334 e. The number of hydrogen-bond donors (Lipinski definition) is 0. The second-order valence-electron chi connectivity index (χ2n) is 6.83. The molecule has 0 aromatic heterocycles. The molecule has 128 valence electrons. The fraction of sp³-hybridized carbons (Fsp3) is 0.450. The molecule has 0 aromatic carbocycles. The Labute approximate surface area is 143 Å². The maximum absolute atomic E-state index is 12.6. The molecule has 0 spiro atoms. The second-order valence-corrected chi connectivity index (χ2v) is 6.83. The molecule has 0 fully saturated rings. The predicted octanol–water partition coefficient (Wildman–Crippen LogP) is 3.64. The van der Waals surface area contributed by atoms with Crippen LogP contribution in [0.2, 0.25) is 0 Å². The molecule has 0 N–H and O–H groups in total. The first kappa shape index (κ1) is 18.1. The van der Waals surface area contributed by atoms with Gasteiger partial charge in [0.15, 0.2) is 11.6 Å². The zero-order valence-electron chi connectivity index (χ0n) is 14.8. The van der Waals surface area contributed by atoms with Crippen LogP contribution in [-0.4, -0.2) is 23.6 Å². The highest BCUT2D eigenvalue weighted by molar-refractivity contribution is 6.11. The molecule has 2 atom stereocenters. The van der Waals surface area contributed by atoms with Gasteiger partial charge in [-0.2, -0.15) is 0 Å². The summed E-state index contributed by atoms with van der Waals surface area (Å²) in [6.07, 6.45) is 3.94. The summed E-state index contributed by atoms with van der Waals surface area (Å²) in [6, 6.07) is 0. The zero-order chi connectivity index (χ0) is 18.0. The fourth-order valence-corrected chi connectivity index (χ4v) is 3.07. The van der Waals surface area contributed by atoms with Crippen LogP contribution < -0.4 is 0 Å². The van der Waals surface area contributed by atoms with Crippen molar-refractivity contribution in [1.29, 1.82) is 0 Å². The van der Waals surface area contributed by atoms with Gasteiger partial charge in [0.05, 0.1) is 0 Å². The molecule has 4 heteroatoms. The van der Waals surface area contributed by atoms with E-state index in [-0.39, 0.29) is 23.5 Å². The Morgan fingerprint density at radius 2 is 1.88 bits per heavy atom. The minimum absolute atomic E-state index is 0.00828. The Balaban J connectivity index is 2.48. The third-order valence-electron chi connectivity index (χ3n) is 4.62. The van der Waals surface area contributed by atoms with Gasteiger partial charge in [-0.1, -0.05) is 17.7 Å². The molecule has 1 aliphatic carbocycles. The van der Waals surface area contributed by atoms with Crippen molar-refractivity contribution < 1.29 is 19.1 Å². The van der Waals surface area contributed by atoms with Gasteiger partial charge >= 0.3 is 5.97 Å². The quantitative estimate of drug-likeness (QED) is 0.419. The number of carbonyl (C=O) groups excluding carboxylic acids is 3. The molecule has 0 amide bonds. The summed E-state index contributed by atoms with van der Waals surface area (Å²) in [5, 5.41) is 0. The van der Waals surface area contributed by atoms with Gasteiger partial charge in [0, 0.05) is 17.6 Å². The maximum atomic E-state index is 12.6. The Kier molecular flexibility index (Phi) is 5.37. The Hall–Kier alpha value is -2.23. The lowest BCUT2D eigenvalue weighted by atomic mass is 9.86. The van der Waals surface area contributed by atoms with Crippen LogP contribution >= 0.6 is 0 Å². The van der Waals surface area contributed by atoms with E-state index in [9.17, 15) is 14.4 Å². The first-order valence-electron chi connectivity index (χ1n) is 8.21. The second kappa shape index (κ2) is 7.12. The number of carbonyl (C=O) groups is 3. The predicted molar refractivity (Wildman–Crippen MR) is 92.3 cm³/mol. The van der Waals surface area contributed by atoms with Crippen LogP contribution in [0.1, 0.15) is 47.0 Å². The summed E-state index contributed by atoms with van der Waals surface area (Å²) in [7, 11) is 0. The van der Waals surface area contributed by atoms with Crippen LogP contribution in [0.3, 0.4) is 0 Å². The van der Waals surface area contributed by atoms with Gasteiger partial charge < -0.3 is 4.74 Å². The van der Waals surface area contributed by atoms with E-state index in [0.29, 0.717) is 36.0 Å². The van der Waals surface area contributed by atoms with E-state index in [4.69, 9.17) is 4.74 Å². The monoisotopic (exact) mass is 328 g/mol. The van der Waals surface area contributed by atoms with Crippen LogP contribution in [0.15, 0.2) is 46.6 Å². The van der Waals surface area contributed by atoms with Gasteiger partial charge in [0.25, 0.3) is 0 Å². The normalized spacial score (nSPS) is 27.5. The number of ketones is 2. The Morgan fingerprint density at radius 3 is 2.46 bits per heavy atom. The number of hydrogen-bond acceptors (Lipinski definition) is 4. The highest BCUT2D eigenvalue weighted by atomic mass is 16.5. The molecule has 0 aromatic rings. The lowest BCUT2D eigenvalue weighted by molar-refractivity contribution is -0.138. The highest BCUT2D eigenvalue weighted by Crippen LogP contribution is 2.30. The van der Waals surface area contributed by atoms with Crippen LogP contribution in [0.5, 0.6) is 0 Å². The first-order valence-corrected chi connectivity index (χ1v) is 8.21. The SMILES string of the molecule is C=C(C)[C@@H]1CCC2=C[C@@H](OC2=O)C(=C(C)C)C(=O)/C=C(/C)C(=O)C1. The van der Waals surface area contributed by atoms with Crippen molar-refractivity contribution in [3.05, 3.63) is 46.6 Å². The molecular weight excluding hydrogens is 304 g/mol. The van der Waals surface area contributed by atoms with Crippen molar-refractivity contribution in [3.63, 3.8) is 0 Å². The summed E-state index contributed by atoms with van der Waals surface area (Å²) in [5.41, 5.74) is 3.13. The van der Waals surface area contributed by atoms with Gasteiger partial charge in [-0.25, -0.2) is 4.79 Å². The van der Waals surface area contributed by atoms with Gasteiger partial charge in [0.2, 0.25) is 0 Å². The van der Waals surface area contributed by atoms with Crippen LogP contribution in [0.4, 0.5) is 0 Å². The van der Waals surface area contributed by atoms with Gasteiger partial charge in [-0.15, -0.1) is 0 Å². The maximum Gasteiger partial charge on any atom is 0.334 e. The van der Waals surface area contributed by atoms with Crippen molar-refractivity contribution in [2.75, 3.05) is 0 Å². The van der Waals surface area contributed by atoms with Crippen LogP contribution in [0.25, 0.3) is 0 Å². The van der Waals surface area contributed by atoms with E-state index in [1.807, 2.05) is 6.92 Å². The van der Waals surface area contributed by atoms with Crippen molar-refractivity contribution in [3.8, 4) is 0 Å². The number of Topliss-reactive ketones (excluding diaryl/α,β-unsaturated/α-hetero) is 1. The summed E-state index contributed by atoms with van der Waals surface area (Å²) in [5.74, 6) is -0.716. The zero-order valence-corrected chi connectivity index (χ0v) is 14.8. The van der Waals surface area contributed by atoms with E-state index in [1.165, 1.54) is 6.08 Å². The van der Waals surface area contributed by atoms with Gasteiger partial charge in [-0.05, 0) is 64.2 Å². The third-order valence-corrected chi connectivity index (χ3v) is 4.62.